The first-order valence-electron chi connectivity index (χ1n) is 4.41. The smallest absolute Gasteiger partial charge is 0.300 e. The van der Waals surface area contributed by atoms with Crippen LogP contribution in [-0.4, -0.2) is 24.1 Å². The van der Waals surface area contributed by atoms with E-state index in [1.807, 2.05) is 24.3 Å². The molecule has 6 nitrogen and oxygen atoms in total. The van der Waals surface area contributed by atoms with E-state index < -0.39 is 5.97 Å². The van der Waals surface area contributed by atoms with Crippen LogP contribution in [0.3, 0.4) is 0 Å². The molecule has 0 saturated heterocycles. The standard InChI is InChI=1S/C7H8OS.C2H4O2.CH5N3/c1-8-6-2-4-7(9)5-3-6;1-2(3)4;2-1(3)4/h2-5,9H,1H3;1H3,(H,3,4);(H5,2,3,4). The first-order valence-corrected chi connectivity index (χ1v) is 4.86. The van der Waals surface area contributed by atoms with Gasteiger partial charge in [0.1, 0.15) is 5.75 Å². The van der Waals surface area contributed by atoms with Gasteiger partial charge in [0, 0.05) is 11.8 Å². The van der Waals surface area contributed by atoms with E-state index in [1.165, 1.54) is 0 Å². The second kappa shape index (κ2) is 10.6. The number of aliphatic carboxylic acids is 1. The van der Waals surface area contributed by atoms with Crippen LogP contribution in [-0.2, 0) is 4.79 Å². The largest absolute Gasteiger partial charge is 0.497 e. The van der Waals surface area contributed by atoms with Crippen molar-refractivity contribution in [2.75, 3.05) is 7.11 Å². The van der Waals surface area contributed by atoms with Crippen molar-refractivity contribution in [1.29, 1.82) is 5.41 Å². The summed E-state index contributed by atoms with van der Waals surface area (Å²) in [5.41, 5.74) is 8.94. The number of methoxy groups -OCH3 is 1. The molecular weight excluding hydrogens is 242 g/mol. The highest BCUT2D eigenvalue weighted by Gasteiger charge is 1.86. The Morgan fingerprint density at radius 1 is 1.35 bits per heavy atom. The minimum Gasteiger partial charge on any atom is -0.497 e. The van der Waals surface area contributed by atoms with E-state index in [1.54, 1.807) is 7.11 Å². The molecule has 0 radical (unpaired) electrons. The summed E-state index contributed by atoms with van der Waals surface area (Å²) in [6, 6.07) is 7.54. The molecule has 1 aromatic carbocycles. The van der Waals surface area contributed by atoms with Crippen molar-refractivity contribution in [3.63, 3.8) is 0 Å². The van der Waals surface area contributed by atoms with Crippen LogP contribution in [0.5, 0.6) is 5.75 Å². The molecule has 17 heavy (non-hydrogen) atoms. The lowest BCUT2D eigenvalue weighted by Gasteiger charge is -1.96. The van der Waals surface area contributed by atoms with E-state index in [0.717, 1.165) is 17.6 Å². The van der Waals surface area contributed by atoms with E-state index in [2.05, 4.69) is 24.1 Å². The summed E-state index contributed by atoms with van der Waals surface area (Å²) >= 11 is 4.11. The van der Waals surface area contributed by atoms with Gasteiger partial charge < -0.3 is 21.3 Å². The van der Waals surface area contributed by atoms with E-state index in [-0.39, 0.29) is 5.96 Å². The molecule has 0 heterocycles. The zero-order valence-corrected chi connectivity index (χ0v) is 10.6. The first-order chi connectivity index (χ1) is 7.79. The lowest BCUT2D eigenvalue weighted by molar-refractivity contribution is -0.134. The Labute approximate surface area is 105 Å². The molecular formula is C10H17N3O3S. The molecule has 1 aromatic rings. The van der Waals surface area contributed by atoms with Gasteiger partial charge in [-0.2, -0.15) is 0 Å². The molecule has 0 aromatic heterocycles. The molecule has 0 unspecified atom stereocenters. The van der Waals surface area contributed by atoms with Gasteiger partial charge in [-0.3, -0.25) is 10.2 Å². The molecule has 1 rings (SSSR count). The number of rotatable bonds is 1. The number of nitrogens with two attached hydrogens (primary N) is 2. The minimum atomic E-state index is -0.833. The summed E-state index contributed by atoms with van der Waals surface area (Å²) in [7, 11) is 1.65. The van der Waals surface area contributed by atoms with Crippen LogP contribution in [0.4, 0.5) is 0 Å². The summed E-state index contributed by atoms with van der Waals surface area (Å²) in [6.07, 6.45) is 0. The fourth-order valence-corrected chi connectivity index (χ4v) is 0.731. The van der Waals surface area contributed by atoms with Crippen LogP contribution in [0, 0.1) is 5.41 Å². The van der Waals surface area contributed by atoms with E-state index >= 15 is 0 Å². The molecule has 0 aliphatic heterocycles. The number of thiol groups is 1. The topological polar surface area (TPSA) is 122 Å². The van der Waals surface area contributed by atoms with Gasteiger partial charge in [0.15, 0.2) is 5.96 Å². The van der Waals surface area contributed by atoms with Crippen molar-refractivity contribution in [3.05, 3.63) is 24.3 Å². The molecule has 0 atom stereocenters. The number of ether oxygens (including phenoxy) is 1. The van der Waals surface area contributed by atoms with Crippen molar-refractivity contribution in [2.24, 2.45) is 11.5 Å². The number of carboxylic acid groups (broad SMARTS) is 1. The maximum Gasteiger partial charge on any atom is 0.300 e. The number of hydrogen-bond acceptors (Lipinski definition) is 4. The third-order valence-corrected chi connectivity index (χ3v) is 1.37. The molecule has 0 saturated carbocycles. The Bertz CT molecular complexity index is 321. The van der Waals surface area contributed by atoms with Crippen molar-refractivity contribution in [2.45, 2.75) is 11.8 Å². The van der Waals surface area contributed by atoms with Gasteiger partial charge in [0.05, 0.1) is 7.11 Å². The van der Waals surface area contributed by atoms with Crippen molar-refractivity contribution >= 4 is 24.6 Å². The average molecular weight is 259 g/mol. The molecule has 0 fully saturated rings. The van der Waals surface area contributed by atoms with E-state index in [9.17, 15) is 0 Å². The summed E-state index contributed by atoms with van der Waals surface area (Å²) < 4.78 is 4.94. The predicted molar refractivity (Wildman–Crippen MR) is 69.7 cm³/mol. The van der Waals surface area contributed by atoms with Gasteiger partial charge in [-0.15, -0.1) is 12.6 Å². The number of benzene rings is 1. The molecule has 96 valence electrons. The Morgan fingerprint density at radius 3 is 1.88 bits per heavy atom. The Hall–Kier alpha value is -1.89. The summed E-state index contributed by atoms with van der Waals surface area (Å²) in [6.45, 7) is 1.08. The fourth-order valence-electron chi connectivity index (χ4n) is 0.582. The Morgan fingerprint density at radius 2 is 1.65 bits per heavy atom. The van der Waals surface area contributed by atoms with Gasteiger partial charge in [-0.1, -0.05) is 0 Å². The Kier molecular flexibility index (Phi) is 10.9. The minimum absolute atomic E-state index is 0.333. The number of carboxylic acids is 1. The third kappa shape index (κ3) is 20.2. The van der Waals surface area contributed by atoms with Crippen molar-refractivity contribution in [1.82, 2.24) is 0 Å². The van der Waals surface area contributed by atoms with Crippen LogP contribution >= 0.6 is 12.6 Å². The first kappa shape index (κ1) is 17.5. The van der Waals surface area contributed by atoms with Crippen LogP contribution in [0.1, 0.15) is 6.92 Å². The highest BCUT2D eigenvalue weighted by atomic mass is 32.1. The second-order valence-corrected chi connectivity index (χ2v) is 3.19. The lowest BCUT2D eigenvalue weighted by atomic mass is 10.3. The molecule has 0 aliphatic rings. The average Bonchev–Trinajstić information content (AvgIpc) is 2.17. The molecule has 6 N–H and O–H groups in total. The fraction of sp³-hybridized carbons (Fsp3) is 0.200. The zero-order valence-electron chi connectivity index (χ0n) is 9.68. The molecule has 0 spiro atoms. The summed E-state index contributed by atoms with van der Waals surface area (Å²) in [5.74, 6) is -0.298. The number of carbonyl (C=O) groups is 1. The molecule has 7 heteroatoms. The predicted octanol–water partition coefficient (Wildman–Crippen LogP) is 0.913. The number of hydrogen-bond donors (Lipinski definition) is 5. The number of nitrogens with one attached hydrogen (secondary N) is 1. The van der Waals surface area contributed by atoms with Crippen molar-refractivity contribution < 1.29 is 14.6 Å². The van der Waals surface area contributed by atoms with Gasteiger partial charge in [-0.05, 0) is 24.3 Å². The molecule has 0 amide bonds. The third-order valence-electron chi connectivity index (χ3n) is 1.07. The monoisotopic (exact) mass is 259 g/mol. The zero-order chi connectivity index (χ0) is 13.8. The highest BCUT2D eigenvalue weighted by Crippen LogP contribution is 2.12. The van der Waals surface area contributed by atoms with Crippen molar-refractivity contribution in [3.8, 4) is 5.75 Å². The maximum absolute atomic E-state index is 9.00. The molecule has 0 bridgehead atoms. The van der Waals surface area contributed by atoms with Crippen LogP contribution in [0.25, 0.3) is 0 Å². The lowest BCUT2D eigenvalue weighted by Crippen LogP contribution is -2.20. The van der Waals surface area contributed by atoms with Gasteiger partial charge in [0.2, 0.25) is 0 Å². The SMILES string of the molecule is CC(=O)O.COc1ccc(S)cc1.N=C(N)N. The van der Waals surface area contributed by atoms with Crippen LogP contribution in [0.15, 0.2) is 29.2 Å². The van der Waals surface area contributed by atoms with Crippen LogP contribution < -0.4 is 16.2 Å². The van der Waals surface area contributed by atoms with Gasteiger partial charge >= 0.3 is 0 Å². The Balaban J connectivity index is 0. The van der Waals surface area contributed by atoms with E-state index in [0.29, 0.717) is 0 Å². The summed E-state index contributed by atoms with van der Waals surface area (Å²) in [5, 5.41) is 13.5. The van der Waals surface area contributed by atoms with E-state index in [4.69, 9.17) is 20.0 Å². The van der Waals surface area contributed by atoms with Gasteiger partial charge in [-0.25, -0.2) is 0 Å². The van der Waals surface area contributed by atoms with Gasteiger partial charge in [0.25, 0.3) is 5.97 Å². The normalized spacial score (nSPS) is 7.71. The maximum atomic E-state index is 9.00. The quantitative estimate of drug-likeness (QED) is 0.291. The second-order valence-electron chi connectivity index (χ2n) is 2.67. The number of guanidine groups is 1. The van der Waals surface area contributed by atoms with Crippen LogP contribution in [0.2, 0.25) is 0 Å². The molecule has 0 aliphatic carbocycles. The summed E-state index contributed by atoms with van der Waals surface area (Å²) in [4.78, 5) is 9.95. The highest BCUT2D eigenvalue weighted by molar-refractivity contribution is 7.80.